The van der Waals surface area contributed by atoms with E-state index in [1.54, 1.807) is 36.4 Å². The number of aryl methyl sites for hydroxylation is 1. The van der Waals surface area contributed by atoms with Gasteiger partial charge in [0.15, 0.2) is 0 Å². The van der Waals surface area contributed by atoms with Crippen LogP contribution < -0.4 is 0 Å². The van der Waals surface area contributed by atoms with Crippen molar-refractivity contribution in [2.75, 3.05) is 13.2 Å². The molecule has 0 N–H and O–H groups in total. The van der Waals surface area contributed by atoms with Gasteiger partial charge in [-0.25, -0.2) is 9.59 Å². The Bertz CT molecular complexity index is 724. The summed E-state index contributed by atoms with van der Waals surface area (Å²) in [6.07, 6.45) is 0.718. The normalized spacial score (nSPS) is 12.9. The number of ether oxygens (including phenoxy) is 2. The first-order valence-corrected chi connectivity index (χ1v) is 8.39. The Kier molecular flexibility index (Phi) is 6.34. The Labute approximate surface area is 148 Å². The minimum absolute atomic E-state index is 0.193. The van der Waals surface area contributed by atoms with E-state index in [1.165, 1.54) is 0 Å². The molecule has 2 aromatic carbocycles. The van der Waals surface area contributed by atoms with Crippen LogP contribution in [0.1, 0.15) is 46.5 Å². The smallest absolute Gasteiger partial charge is 0.338 e. The van der Waals surface area contributed by atoms with Crippen LogP contribution in [-0.2, 0) is 9.47 Å². The van der Waals surface area contributed by atoms with Crippen molar-refractivity contribution in [2.45, 2.75) is 27.2 Å². The zero-order valence-electron chi connectivity index (χ0n) is 15.0. The highest BCUT2D eigenvalue weighted by Gasteiger charge is 2.27. The molecule has 0 spiro atoms. The summed E-state index contributed by atoms with van der Waals surface area (Å²) in [4.78, 5) is 24.3. The lowest BCUT2D eigenvalue weighted by atomic mass is 9.90. The van der Waals surface area contributed by atoms with Crippen LogP contribution in [0.4, 0.5) is 0 Å². The predicted octanol–water partition coefficient (Wildman–Crippen LogP) is 4.43. The quantitative estimate of drug-likeness (QED) is 0.700. The van der Waals surface area contributed by atoms with Crippen LogP contribution in [0.15, 0.2) is 54.6 Å². The lowest BCUT2D eigenvalue weighted by Gasteiger charge is -2.27. The van der Waals surface area contributed by atoms with E-state index in [0.29, 0.717) is 11.1 Å². The van der Waals surface area contributed by atoms with Gasteiger partial charge < -0.3 is 9.47 Å². The number of rotatable bonds is 7. The largest absolute Gasteiger partial charge is 0.461 e. The fourth-order valence-corrected chi connectivity index (χ4v) is 2.24. The van der Waals surface area contributed by atoms with Crippen LogP contribution in [0.25, 0.3) is 0 Å². The van der Waals surface area contributed by atoms with Crippen molar-refractivity contribution in [1.82, 2.24) is 0 Å². The van der Waals surface area contributed by atoms with Crippen molar-refractivity contribution in [3.8, 4) is 0 Å². The number of carbonyl (C=O) groups is 2. The lowest BCUT2D eigenvalue weighted by molar-refractivity contribution is -0.000628. The van der Waals surface area contributed by atoms with Crippen molar-refractivity contribution < 1.29 is 19.1 Å². The van der Waals surface area contributed by atoms with Gasteiger partial charge in [0.05, 0.1) is 11.1 Å². The van der Waals surface area contributed by atoms with Crippen molar-refractivity contribution in [3.63, 3.8) is 0 Å². The Morgan fingerprint density at radius 3 is 2.00 bits per heavy atom. The third kappa shape index (κ3) is 5.45. The lowest BCUT2D eigenvalue weighted by Crippen LogP contribution is -2.31. The molecule has 0 aliphatic heterocycles. The summed E-state index contributed by atoms with van der Waals surface area (Å²) in [7, 11) is 0. The van der Waals surface area contributed by atoms with Crippen LogP contribution >= 0.6 is 0 Å². The van der Waals surface area contributed by atoms with E-state index in [1.807, 2.05) is 39.0 Å². The molecule has 1 atom stereocenters. The van der Waals surface area contributed by atoms with E-state index in [-0.39, 0.29) is 25.2 Å². The predicted molar refractivity (Wildman–Crippen MR) is 96.6 cm³/mol. The van der Waals surface area contributed by atoms with Crippen LogP contribution in [0, 0.1) is 12.3 Å². The number of hydrogen-bond acceptors (Lipinski definition) is 4. The number of carbonyl (C=O) groups excluding carboxylic acids is 2. The second kappa shape index (κ2) is 8.47. The average Bonchev–Trinajstić information content (AvgIpc) is 2.65. The molecule has 0 saturated carbocycles. The highest BCUT2D eigenvalue weighted by Crippen LogP contribution is 2.23. The van der Waals surface area contributed by atoms with E-state index in [2.05, 4.69) is 0 Å². The molecule has 0 bridgehead atoms. The fourth-order valence-electron chi connectivity index (χ4n) is 2.24. The average molecular weight is 340 g/mol. The topological polar surface area (TPSA) is 52.6 Å². The van der Waals surface area contributed by atoms with E-state index in [9.17, 15) is 9.59 Å². The van der Waals surface area contributed by atoms with E-state index >= 15 is 0 Å². The first kappa shape index (κ1) is 18.7. The highest BCUT2D eigenvalue weighted by atomic mass is 16.5. The van der Waals surface area contributed by atoms with E-state index in [4.69, 9.17) is 9.47 Å². The monoisotopic (exact) mass is 340 g/mol. The van der Waals surface area contributed by atoms with Gasteiger partial charge in [-0.2, -0.15) is 0 Å². The Morgan fingerprint density at radius 2 is 1.44 bits per heavy atom. The minimum Gasteiger partial charge on any atom is -0.461 e. The highest BCUT2D eigenvalue weighted by molar-refractivity contribution is 5.90. The molecule has 2 rings (SSSR count). The van der Waals surface area contributed by atoms with Crippen LogP contribution in [0.3, 0.4) is 0 Å². The van der Waals surface area contributed by atoms with Crippen LogP contribution in [0.5, 0.6) is 0 Å². The van der Waals surface area contributed by atoms with Crippen molar-refractivity contribution >= 4 is 11.9 Å². The van der Waals surface area contributed by atoms with Gasteiger partial charge in [-0.15, -0.1) is 0 Å². The second-order valence-corrected chi connectivity index (χ2v) is 6.55. The molecular weight excluding hydrogens is 316 g/mol. The summed E-state index contributed by atoms with van der Waals surface area (Å²) in [5, 5.41) is 0. The van der Waals surface area contributed by atoms with Crippen molar-refractivity contribution in [2.24, 2.45) is 5.41 Å². The molecule has 0 saturated heterocycles. The van der Waals surface area contributed by atoms with Gasteiger partial charge in [0, 0.05) is 5.41 Å². The van der Waals surface area contributed by atoms with Crippen molar-refractivity contribution in [3.05, 3.63) is 71.3 Å². The summed E-state index contributed by atoms with van der Waals surface area (Å²) >= 11 is 0. The van der Waals surface area contributed by atoms with Gasteiger partial charge in [-0.05, 0) is 37.6 Å². The van der Waals surface area contributed by atoms with E-state index < -0.39 is 5.41 Å². The maximum absolute atomic E-state index is 12.2. The van der Waals surface area contributed by atoms with Gasteiger partial charge in [-0.1, -0.05) is 49.7 Å². The molecular formula is C21H24O4. The van der Waals surface area contributed by atoms with Crippen LogP contribution in [-0.4, -0.2) is 25.2 Å². The minimum atomic E-state index is -0.427. The summed E-state index contributed by atoms with van der Waals surface area (Å²) < 4.78 is 10.9. The number of hydrogen-bond donors (Lipinski definition) is 0. The standard InChI is InChI=1S/C21H24O4/c1-4-21(3,14-24-19(22)17-10-6-5-7-11-17)15-25-20(23)18-12-8-9-16(2)13-18/h5-13H,4,14-15H2,1-3H3. The van der Waals surface area contributed by atoms with Gasteiger partial charge in [0.1, 0.15) is 13.2 Å². The molecule has 25 heavy (non-hydrogen) atoms. The Hall–Kier alpha value is -2.62. The zero-order valence-corrected chi connectivity index (χ0v) is 15.0. The number of esters is 2. The molecule has 0 radical (unpaired) electrons. The summed E-state index contributed by atoms with van der Waals surface area (Å²) in [6, 6.07) is 16.1. The molecule has 0 aliphatic carbocycles. The zero-order chi connectivity index (χ0) is 18.3. The van der Waals surface area contributed by atoms with Crippen molar-refractivity contribution in [1.29, 1.82) is 0 Å². The first-order valence-electron chi connectivity index (χ1n) is 8.39. The molecule has 4 heteroatoms. The summed E-state index contributed by atoms with van der Waals surface area (Å²) in [6.45, 7) is 6.23. The molecule has 132 valence electrons. The molecule has 4 nitrogen and oxygen atoms in total. The summed E-state index contributed by atoms with van der Waals surface area (Å²) in [5.74, 6) is -0.733. The van der Waals surface area contributed by atoms with Gasteiger partial charge >= 0.3 is 11.9 Å². The molecule has 0 aromatic heterocycles. The van der Waals surface area contributed by atoms with Gasteiger partial charge in [0.2, 0.25) is 0 Å². The molecule has 0 amide bonds. The molecule has 1 unspecified atom stereocenters. The fraction of sp³-hybridized carbons (Fsp3) is 0.333. The SMILES string of the molecule is CCC(C)(COC(=O)c1ccccc1)COC(=O)c1cccc(C)c1. The Balaban J connectivity index is 1.91. The van der Waals surface area contributed by atoms with Gasteiger partial charge in [-0.3, -0.25) is 0 Å². The Morgan fingerprint density at radius 1 is 0.880 bits per heavy atom. The third-order valence-electron chi connectivity index (χ3n) is 4.22. The maximum Gasteiger partial charge on any atom is 0.338 e. The van der Waals surface area contributed by atoms with Gasteiger partial charge in [0.25, 0.3) is 0 Å². The van der Waals surface area contributed by atoms with Crippen LogP contribution in [0.2, 0.25) is 0 Å². The molecule has 0 fully saturated rings. The maximum atomic E-state index is 12.2. The molecule has 2 aromatic rings. The molecule has 0 heterocycles. The van der Waals surface area contributed by atoms with E-state index in [0.717, 1.165) is 12.0 Å². The second-order valence-electron chi connectivity index (χ2n) is 6.55. The summed E-state index contributed by atoms with van der Waals surface area (Å²) in [5.41, 5.74) is 1.62. The third-order valence-corrected chi connectivity index (χ3v) is 4.22. The first-order chi connectivity index (χ1) is 11.9. The molecule has 0 aliphatic rings. The number of benzene rings is 2.